The van der Waals surface area contributed by atoms with Gasteiger partial charge < -0.3 is 15.0 Å². The van der Waals surface area contributed by atoms with Crippen molar-refractivity contribution in [3.63, 3.8) is 0 Å². The summed E-state index contributed by atoms with van der Waals surface area (Å²) in [5, 5.41) is 3.48. The molecule has 0 aromatic heterocycles. The van der Waals surface area contributed by atoms with E-state index in [1.165, 1.54) is 11.3 Å². The molecule has 1 aliphatic rings. The summed E-state index contributed by atoms with van der Waals surface area (Å²) >= 11 is 3.52. The van der Waals surface area contributed by atoms with Crippen molar-refractivity contribution in [2.24, 2.45) is 0 Å². The lowest BCUT2D eigenvalue weighted by atomic mass is 10.1. The number of nitrogens with zero attached hydrogens (tertiary/aromatic N) is 1. The third-order valence-corrected chi connectivity index (χ3v) is 3.57. The number of rotatable bonds is 3. The molecule has 1 N–H and O–H groups in total. The summed E-state index contributed by atoms with van der Waals surface area (Å²) in [5.74, 6) is 0. The molecule has 0 bridgehead atoms. The summed E-state index contributed by atoms with van der Waals surface area (Å²) in [5.41, 5.74) is 2.57. The van der Waals surface area contributed by atoms with Crippen LogP contribution in [-0.4, -0.2) is 39.4 Å². The monoisotopic (exact) mass is 298 g/mol. The van der Waals surface area contributed by atoms with Gasteiger partial charge in [-0.3, -0.25) is 0 Å². The Morgan fingerprint density at radius 2 is 2.35 bits per heavy atom. The molecule has 0 saturated carbocycles. The molecule has 0 aliphatic carbocycles. The molecule has 94 valence electrons. The van der Waals surface area contributed by atoms with E-state index in [4.69, 9.17) is 4.74 Å². The SMILES string of the molecule is Cc1ccc(Br)cc1N(C)CC1COCCN1. The van der Waals surface area contributed by atoms with Crippen LogP contribution in [-0.2, 0) is 4.74 Å². The standard InChI is InChI=1S/C13H19BrN2O/c1-10-3-4-11(14)7-13(10)16(2)8-12-9-17-6-5-15-12/h3-4,7,12,15H,5-6,8-9H2,1-2H3. The van der Waals surface area contributed by atoms with E-state index >= 15 is 0 Å². The van der Waals surface area contributed by atoms with Gasteiger partial charge in [-0.1, -0.05) is 22.0 Å². The summed E-state index contributed by atoms with van der Waals surface area (Å²) < 4.78 is 6.60. The van der Waals surface area contributed by atoms with Gasteiger partial charge in [0.25, 0.3) is 0 Å². The van der Waals surface area contributed by atoms with Crippen LogP contribution in [0.5, 0.6) is 0 Å². The van der Waals surface area contributed by atoms with Crippen molar-refractivity contribution in [2.45, 2.75) is 13.0 Å². The molecule has 1 heterocycles. The lowest BCUT2D eigenvalue weighted by Crippen LogP contribution is -2.47. The van der Waals surface area contributed by atoms with Crippen LogP contribution >= 0.6 is 15.9 Å². The summed E-state index contributed by atoms with van der Waals surface area (Å²) in [6.07, 6.45) is 0. The third-order valence-electron chi connectivity index (χ3n) is 3.08. The van der Waals surface area contributed by atoms with Crippen LogP contribution in [0.25, 0.3) is 0 Å². The summed E-state index contributed by atoms with van der Waals surface area (Å²) in [6, 6.07) is 6.81. The first-order valence-corrected chi connectivity index (χ1v) is 6.74. The van der Waals surface area contributed by atoms with Gasteiger partial charge in [-0.15, -0.1) is 0 Å². The maximum atomic E-state index is 5.47. The Labute approximate surface area is 111 Å². The number of benzene rings is 1. The number of likely N-dealkylation sites (N-methyl/N-ethyl adjacent to an activating group) is 1. The molecule has 0 radical (unpaired) electrons. The number of halogens is 1. The second-order valence-electron chi connectivity index (χ2n) is 4.54. The zero-order valence-electron chi connectivity index (χ0n) is 10.4. The Hall–Kier alpha value is -0.580. The van der Waals surface area contributed by atoms with E-state index in [0.29, 0.717) is 6.04 Å². The van der Waals surface area contributed by atoms with Crippen LogP contribution in [0.4, 0.5) is 5.69 Å². The zero-order chi connectivity index (χ0) is 12.3. The first-order valence-electron chi connectivity index (χ1n) is 5.95. The average Bonchev–Trinajstić information content (AvgIpc) is 2.33. The smallest absolute Gasteiger partial charge is 0.0637 e. The molecule has 17 heavy (non-hydrogen) atoms. The van der Waals surface area contributed by atoms with Gasteiger partial charge in [0, 0.05) is 36.3 Å². The average molecular weight is 299 g/mol. The highest BCUT2D eigenvalue weighted by atomic mass is 79.9. The van der Waals surface area contributed by atoms with Crippen LogP contribution in [0.15, 0.2) is 22.7 Å². The van der Waals surface area contributed by atoms with Gasteiger partial charge in [-0.05, 0) is 24.6 Å². The van der Waals surface area contributed by atoms with Gasteiger partial charge in [0.15, 0.2) is 0 Å². The van der Waals surface area contributed by atoms with E-state index in [-0.39, 0.29) is 0 Å². The Bertz CT molecular complexity index is 378. The lowest BCUT2D eigenvalue weighted by molar-refractivity contribution is 0.0791. The zero-order valence-corrected chi connectivity index (χ0v) is 12.0. The van der Waals surface area contributed by atoms with E-state index in [1.54, 1.807) is 0 Å². The number of hydrogen-bond acceptors (Lipinski definition) is 3. The first-order chi connectivity index (χ1) is 8.16. The molecular formula is C13H19BrN2O. The molecule has 1 unspecified atom stereocenters. The molecule has 1 saturated heterocycles. The normalized spacial score (nSPS) is 20.3. The number of aryl methyl sites for hydroxylation is 1. The molecular weight excluding hydrogens is 280 g/mol. The van der Waals surface area contributed by atoms with Crippen molar-refractivity contribution in [3.05, 3.63) is 28.2 Å². The quantitative estimate of drug-likeness (QED) is 0.926. The molecule has 1 atom stereocenters. The molecule has 1 fully saturated rings. The van der Waals surface area contributed by atoms with Crippen LogP contribution < -0.4 is 10.2 Å². The second kappa shape index (κ2) is 5.85. The predicted molar refractivity (Wildman–Crippen MR) is 74.8 cm³/mol. The van der Waals surface area contributed by atoms with Gasteiger partial charge in [-0.25, -0.2) is 0 Å². The van der Waals surface area contributed by atoms with Crippen molar-refractivity contribution in [1.82, 2.24) is 5.32 Å². The van der Waals surface area contributed by atoms with Crippen LogP contribution in [0.2, 0.25) is 0 Å². The highest BCUT2D eigenvalue weighted by molar-refractivity contribution is 9.10. The van der Waals surface area contributed by atoms with Crippen molar-refractivity contribution < 1.29 is 4.74 Å². The summed E-state index contributed by atoms with van der Waals surface area (Å²) in [4.78, 5) is 2.28. The topological polar surface area (TPSA) is 24.5 Å². The molecule has 0 amide bonds. The second-order valence-corrected chi connectivity index (χ2v) is 5.45. The number of nitrogens with one attached hydrogen (secondary N) is 1. The van der Waals surface area contributed by atoms with Gasteiger partial charge >= 0.3 is 0 Å². The highest BCUT2D eigenvalue weighted by Gasteiger charge is 2.16. The van der Waals surface area contributed by atoms with Crippen molar-refractivity contribution >= 4 is 21.6 Å². The molecule has 0 spiro atoms. The van der Waals surface area contributed by atoms with Crippen LogP contribution in [0.3, 0.4) is 0 Å². The van der Waals surface area contributed by atoms with Gasteiger partial charge in [0.05, 0.1) is 13.2 Å². The molecule has 1 aromatic rings. The third kappa shape index (κ3) is 3.44. The largest absolute Gasteiger partial charge is 0.378 e. The fourth-order valence-corrected chi connectivity index (χ4v) is 2.51. The van der Waals surface area contributed by atoms with Gasteiger partial charge in [0.2, 0.25) is 0 Å². The van der Waals surface area contributed by atoms with Crippen molar-refractivity contribution in [1.29, 1.82) is 0 Å². The van der Waals surface area contributed by atoms with Gasteiger partial charge in [0.1, 0.15) is 0 Å². The predicted octanol–water partition coefficient (Wildman–Crippen LogP) is 2.18. The van der Waals surface area contributed by atoms with Crippen LogP contribution in [0, 0.1) is 6.92 Å². The Kier molecular flexibility index (Phi) is 4.42. The molecule has 1 aromatic carbocycles. The van der Waals surface area contributed by atoms with Crippen molar-refractivity contribution in [2.75, 3.05) is 38.3 Å². The molecule has 2 rings (SSSR count). The van der Waals surface area contributed by atoms with Crippen molar-refractivity contribution in [3.8, 4) is 0 Å². The summed E-state index contributed by atoms with van der Waals surface area (Å²) in [7, 11) is 2.13. The minimum absolute atomic E-state index is 0.423. The Morgan fingerprint density at radius 1 is 1.53 bits per heavy atom. The highest BCUT2D eigenvalue weighted by Crippen LogP contribution is 2.23. The molecule has 3 nitrogen and oxygen atoms in total. The van der Waals surface area contributed by atoms with E-state index in [0.717, 1.165) is 30.8 Å². The fourth-order valence-electron chi connectivity index (χ4n) is 2.16. The van der Waals surface area contributed by atoms with E-state index in [1.807, 2.05) is 0 Å². The lowest BCUT2D eigenvalue weighted by Gasteiger charge is -2.30. The molecule has 1 aliphatic heterocycles. The number of hydrogen-bond donors (Lipinski definition) is 1. The van der Waals surface area contributed by atoms with Gasteiger partial charge in [-0.2, -0.15) is 0 Å². The maximum Gasteiger partial charge on any atom is 0.0637 e. The number of morpholine rings is 1. The number of anilines is 1. The summed E-state index contributed by atoms with van der Waals surface area (Å²) in [6.45, 7) is 5.70. The minimum Gasteiger partial charge on any atom is -0.378 e. The van der Waals surface area contributed by atoms with E-state index in [9.17, 15) is 0 Å². The Balaban J connectivity index is 2.02. The number of ether oxygens (including phenoxy) is 1. The molecule has 4 heteroatoms. The Morgan fingerprint density at radius 3 is 3.06 bits per heavy atom. The van der Waals surface area contributed by atoms with E-state index < -0.39 is 0 Å². The van der Waals surface area contributed by atoms with E-state index in [2.05, 4.69) is 58.3 Å². The van der Waals surface area contributed by atoms with Crippen LogP contribution in [0.1, 0.15) is 5.56 Å². The fraction of sp³-hybridized carbons (Fsp3) is 0.538. The minimum atomic E-state index is 0.423. The first kappa shape index (κ1) is 12.9. The maximum absolute atomic E-state index is 5.47.